The summed E-state index contributed by atoms with van der Waals surface area (Å²) in [5, 5.41) is 0. The Labute approximate surface area is 124 Å². The highest BCUT2D eigenvalue weighted by atomic mass is 19.4. The van der Waals surface area contributed by atoms with Crippen molar-refractivity contribution < 1.29 is 27.4 Å². The van der Waals surface area contributed by atoms with Crippen molar-refractivity contribution in [2.45, 2.75) is 6.36 Å². The van der Waals surface area contributed by atoms with Crippen LogP contribution in [-0.2, 0) is 0 Å². The van der Waals surface area contributed by atoms with Crippen LogP contribution in [0.2, 0.25) is 0 Å². The van der Waals surface area contributed by atoms with Gasteiger partial charge in [0.05, 0.1) is 5.69 Å². The lowest BCUT2D eigenvalue weighted by Crippen LogP contribution is -2.18. The first-order valence-electron chi connectivity index (χ1n) is 6.48. The molecule has 1 aliphatic heterocycles. The normalized spacial score (nSPS) is 13.8. The largest absolute Gasteiger partial charge is 0.573 e. The highest BCUT2D eigenvalue weighted by molar-refractivity contribution is 5.72. The Morgan fingerprint density at radius 1 is 0.909 bits per heavy atom. The van der Waals surface area contributed by atoms with Gasteiger partial charge in [-0.15, -0.1) is 13.2 Å². The standard InChI is InChI=1S/C15H12F3NO3/c16-15(17,18)22-12-3-1-9(7-11(12)19)10-2-4-13-14(8-10)21-6-5-20-13/h1-4,7-8H,5-6,19H2. The number of rotatable bonds is 2. The Balaban J connectivity index is 1.91. The predicted octanol–water partition coefficient (Wildman–Crippen LogP) is 3.61. The van der Waals surface area contributed by atoms with Crippen LogP contribution in [-0.4, -0.2) is 19.6 Å². The lowest BCUT2D eigenvalue weighted by molar-refractivity contribution is -0.274. The molecule has 0 bridgehead atoms. The molecule has 2 N–H and O–H groups in total. The Kier molecular flexibility index (Phi) is 3.48. The summed E-state index contributed by atoms with van der Waals surface area (Å²) in [7, 11) is 0. The summed E-state index contributed by atoms with van der Waals surface area (Å²) >= 11 is 0. The lowest BCUT2D eigenvalue weighted by atomic mass is 10.0. The fraction of sp³-hybridized carbons (Fsp3) is 0.200. The van der Waals surface area contributed by atoms with Gasteiger partial charge in [-0.05, 0) is 35.4 Å². The number of nitrogens with two attached hydrogens (primary N) is 1. The van der Waals surface area contributed by atoms with Gasteiger partial charge in [0, 0.05) is 0 Å². The number of anilines is 1. The second kappa shape index (κ2) is 5.32. The van der Waals surface area contributed by atoms with E-state index in [1.807, 2.05) is 0 Å². The molecule has 4 nitrogen and oxygen atoms in total. The molecular formula is C15H12F3NO3. The minimum atomic E-state index is -4.77. The maximum Gasteiger partial charge on any atom is 0.573 e. The fourth-order valence-corrected chi connectivity index (χ4v) is 2.17. The van der Waals surface area contributed by atoms with E-state index >= 15 is 0 Å². The van der Waals surface area contributed by atoms with Crippen LogP contribution in [0.4, 0.5) is 18.9 Å². The molecule has 0 saturated carbocycles. The first kappa shape index (κ1) is 14.4. The Morgan fingerprint density at radius 3 is 2.23 bits per heavy atom. The average Bonchev–Trinajstić information content (AvgIpc) is 2.47. The van der Waals surface area contributed by atoms with Crippen LogP contribution in [0.3, 0.4) is 0 Å². The third-order valence-electron chi connectivity index (χ3n) is 3.11. The fourth-order valence-electron chi connectivity index (χ4n) is 2.17. The van der Waals surface area contributed by atoms with E-state index in [1.165, 1.54) is 18.2 Å². The summed E-state index contributed by atoms with van der Waals surface area (Å²) in [5.41, 5.74) is 6.95. The molecule has 3 rings (SSSR count). The molecule has 116 valence electrons. The van der Waals surface area contributed by atoms with Crippen LogP contribution in [0.1, 0.15) is 0 Å². The van der Waals surface area contributed by atoms with Crippen molar-refractivity contribution in [3.63, 3.8) is 0 Å². The van der Waals surface area contributed by atoms with Crippen molar-refractivity contribution in [2.75, 3.05) is 18.9 Å². The van der Waals surface area contributed by atoms with E-state index in [4.69, 9.17) is 15.2 Å². The zero-order chi connectivity index (χ0) is 15.7. The Bertz CT molecular complexity index is 701. The quantitative estimate of drug-likeness (QED) is 0.861. The number of hydrogen-bond acceptors (Lipinski definition) is 4. The topological polar surface area (TPSA) is 53.7 Å². The molecule has 22 heavy (non-hydrogen) atoms. The smallest absolute Gasteiger partial charge is 0.486 e. The second-order valence-electron chi connectivity index (χ2n) is 4.66. The molecule has 0 fully saturated rings. The number of alkyl halides is 3. The van der Waals surface area contributed by atoms with Crippen LogP contribution in [0.5, 0.6) is 17.2 Å². The Morgan fingerprint density at radius 2 is 1.55 bits per heavy atom. The third kappa shape index (κ3) is 3.03. The summed E-state index contributed by atoms with van der Waals surface area (Å²) in [6.07, 6.45) is -4.77. The summed E-state index contributed by atoms with van der Waals surface area (Å²) in [6.45, 7) is 0.944. The van der Waals surface area contributed by atoms with Gasteiger partial charge >= 0.3 is 6.36 Å². The molecule has 1 aliphatic rings. The molecular weight excluding hydrogens is 299 g/mol. The summed E-state index contributed by atoms with van der Waals surface area (Å²) in [4.78, 5) is 0. The molecule has 0 atom stereocenters. The van der Waals surface area contributed by atoms with Crippen molar-refractivity contribution in [2.24, 2.45) is 0 Å². The summed E-state index contributed by atoms with van der Waals surface area (Å²) < 4.78 is 51.4. The molecule has 0 amide bonds. The van der Waals surface area contributed by atoms with Crippen molar-refractivity contribution in [1.29, 1.82) is 0 Å². The molecule has 0 unspecified atom stereocenters. The molecule has 0 aliphatic carbocycles. The van der Waals surface area contributed by atoms with Gasteiger partial charge in [-0.1, -0.05) is 12.1 Å². The van der Waals surface area contributed by atoms with E-state index in [1.54, 1.807) is 18.2 Å². The van der Waals surface area contributed by atoms with Crippen molar-refractivity contribution in [3.8, 4) is 28.4 Å². The number of hydrogen-bond donors (Lipinski definition) is 1. The van der Waals surface area contributed by atoms with Crippen LogP contribution in [0.15, 0.2) is 36.4 Å². The van der Waals surface area contributed by atoms with Crippen LogP contribution < -0.4 is 19.9 Å². The first-order valence-corrected chi connectivity index (χ1v) is 6.48. The Hall–Kier alpha value is -2.57. The molecule has 0 spiro atoms. The van der Waals surface area contributed by atoms with Crippen molar-refractivity contribution >= 4 is 5.69 Å². The zero-order valence-corrected chi connectivity index (χ0v) is 11.3. The number of benzene rings is 2. The minimum absolute atomic E-state index is 0.0929. The third-order valence-corrected chi connectivity index (χ3v) is 3.11. The predicted molar refractivity (Wildman–Crippen MR) is 74.0 cm³/mol. The molecule has 2 aromatic rings. The van der Waals surface area contributed by atoms with E-state index in [0.717, 1.165) is 5.56 Å². The van der Waals surface area contributed by atoms with Gasteiger partial charge in [0.1, 0.15) is 13.2 Å². The number of fused-ring (bicyclic) bond motifs is 1. The van der Waals surface area contributed by atoms with E-state index in [2.05, 4.69) is 4.74 Å². The summed E-state index contributed by atoms with van der Waals surface area (Å²) in [6, 6.07) is 9.41. The van der Waals surface area contributed by atoms with Gasteiger partial charge in [-0.2, -0.15) is 0 Å². The van der Waals surface area contributed by atoms with E-state index in [-0.39, 0.29) is 5.69 Å². The molecule has 0 radical (unpaired) electrons. The maximum absolute atomic E-state index is 12.2. The number of ether oxygens (including phenoxy) is 3. The molecule has 1 heterocycles. The molecule has 2 aromatic carbocycles. The van der Waals surface area contributed by atoms with Gasteiger partial charge in [0.15, 0.2) is 17.2 Å². The number of nitrogen functional groups attached to an aromatic ring is 1. The molecule has 0 saturated heterocycles. The monoisotopic (exact) mass is 311 g/mol. The highest BCUT2D eigenvalue weighted by Gasteiger charge is 2.32. The van der Waals surface area contributed by atoms with Gasteiger partial charge in [0.25, 0.3) is 0 Å². The van der Waals surface area contributed by atoms with Crippen LogP contribution in [0.25, 0.3) is 11.1 Å². The van der Waals surface area contributed by atoms with Gasteiger partial charge in [-0.3, -0.25) is 0 Å². The SMILES string of the molecule is Nc1cc(-c2ccc3c(c2)OCCO3)ccc1OC(F)(F)F. The first-order chi connectivity index (χ1) is 10.4. The van der Waals surface area contributed by atoms with E-state index < -0.39 is 12.1 Å². The molecule has 0 aromatic heterocycles. The van der Waals surface area contributed by atoms with Crippen molar-refractivity contribution in [1.82, 2.24) is 0 Å². The second-order valence-corrected chi connectivity index (χ2v) is 4.66. The molecule has 7 heteroatoms. The minimum Gasteiger partial charge on any atom is -0.486 e. The van der Waals surface area contributed by atoms with E-state index in [0.29, 0.717) is 30.3 Å². The zero-order valence-electron chi connectivity index (χ0n) is 11.3. The van der Waals surface area contributed by atoms with Gasteiger partial charge in [0.2, 0.25) is 0 Å². The summed E-state index contributed by atoms with van der Waals surface area (Å²) in [5.74, 6) is 0.812. The van der Waals surface area contributed by atoms with Crippen LogP contribution >= 0.6 is 0 Å². The lowest BCUT2D eigenvalue weighted by Gasteiger charge is -2.19. The van der Waals surface area contributed by atoms with Crippen LogP contribution in [0, 0.1) is 0 Å². The maximum atomic E-state index is 12.2. The van der Waals surface area contributed by atoms with E-state index in [9.17, 15) is 13.2 Å². The van der Waals surface area contributed by atoms with Gasteiger partial charge in [-0.25, -0.2) is 0 Å². The van der Waals surface area contributed by atoms with Crippen molar-refractivity contribution in [3.05, 3.63) is 36.4 Å². The van der Waals surface area contributed by atoms with Gasteiger partial charge < -0.3 is 19.9 Å². The highest BCUT2D eigenvalue weighted by Crippen LogP contribution is 2.37. The number of halogens is 3. The average molecular weight is 311 g/mol.